The second-order valence-electron chi connectivity index (χ2n) is 3.20. The second kappa shape index (κ2) is 3.19. The molecule has 0 fully saturated rings. The smallest absolute Gasteiger partial charge is 0.251 e. The Hall–Kier alpha value is -0.610. The lowest BCUT2D eigenvalue weighted by atomic mass is 9.90. The molecule has 4 nitrogen and oxygen atoms in total. The van der Waals surface area contributed by atoms with Gasteiger partial charge in [-0.3, -0.25) is 4.79 Å². The minimum atomic E-state index is -1.83. The topological polar surface area (TPSA) is 83.6 Å². The molecule has 0 rings (SSSR count). The molecular weight excluding hydrogens is 146 g/mol. The monoisotopic (exact) mass is 161 g/mol. The van der Waals surface area contributed by atoms with Gasteiger partial charge in [0.05, 0.1) is 6.10 Å². The number of hydrogen-bond acceptors (Lipinski definition) is 3. The van der Waals surface area contributed by atoms with Gasteiger partial charge in [0, 0.05) is 0 Å². The van der Waals surface area contributed by atoms with Gasteiger partial charge in [0.1, 0.15) is 0 Å². The molecule has 4 heteroatoms. The van der Waals surface area contributed by atoms with E-state index in [0.717, 1.165) is 0 Å². The van der Waals surface area contributed by atoms with Crippen LogP contribution in [0.1, 0.15) is 20.8 Å². The highest BCUT2D eigenvalue weighted by Gasteiger charge is 2.38. The Morgan fingerprint density at radius 3 is 2.00 bits per heavy atom. The predicted molar refractivity (Wildman–Crippen MR) is 40.7 cm³/mol. The summed E-state index contributed by atoms with van der Waals surface area (Å²) < 4.78 is 0. The van der Waals surface area contributed by atoms with Crippen LogP contribution in [0.2, 0.25) is 0 Å². The fourth-order valence-electron chi connectivity index (χ4n) is 0.795. The third kappa shape index (κ3) is 2.17. The van der Waals surface area contributed by atoms with Gasteiger partial charge in [-0.1, -0.05) is 13.8 Å². The number of hydrogen-bond donors (Lipinski definition) is 3. The van der Waals surface area contributed by atoms with Crippen molar-refractivity contribution < 1.29 is 15.0 Å². The van der Waals surface area contributed by atoms with Crippen molar-refractivity contribution in [3.05, 3.63) is 0 Å². The zero-order chi connectivity index (χ0) is 9.23. The molecule has 2 atom stereocenters. The molecule has 0 aromatic rings. The van der Waals surface area contributed by atoms with Gasteiger partial charge < -0.3 is 15.9 Å². The van der Waals surface area contributed by atoms with Crippen molar-refractivity contribution in [2.24, 2.45) is 11.7 Å². The van der Waals surface area contributed by atoms with Gasteiger partial charge in [-0.05, 0) is 12.8 Å². The van der Waals surface area contributed by atoms with E-state index >= 15 is 0 Å². The predicted octanol–water partition coefficient (Wildman–Crippen LogP) is -0.760. The number of rotatable bonds is 3. The lowest BCUT2D eigenvalue weighted by Crippen LogP contribution is -2.52. The number of amides is 1. The van der Waals surface area contributed by atoms with E-state index in [1.807, 2.05) is 0 Å². The van der Waals surface area contributed by atoms with Crippen LogP contribution in [0, 0.1) is 5.92 Å². The number of carbonyl (C=O) groups is 1. The van der Waals surface area contributed by atoms with E-state index in [0.29, 0.717) is 0 Å². The molecule has 0 aliphatic heterocycles. The molecule has 0 saturated heterocycles. The van der Waals surface area contributed by atoms with E-state index in [2.05, 4.69) is 0 Å². The van der Waals surface area contributed by atoms with Gasteiger partial charge in [0.2, 0.25) is 0 Å². The molecule has 0 saturated carbocycles. The van der Waals surface area contributed by atoms with Gasteiger partial charge in [0.25, 0.3) is 5.91 Å². The molecule has 0 aromatic carbocycles. The van der Waals surface area contributed by atoms with Crippen LogP contribution in [-0.4, -0.2) is 27.8 Å². The zero-order valence-electron chi connectivity index (χ0n) is 7.03. The Morgan fingerprint density at radius 2 is 1.91 bits per heavy atom. The first kappa shape index (κ1) is 10.4. The van der Waals surface area contributed by atoms with Crippen LogP contribution in [0.3, 0.4) is 0 Å². The van der Waals surface area contributed by atoms with E-state index in [-0.39, 0.29) is 5.92 Å². The molecule has 0 heterocycles. The van der Waals surface area contributed by atoms with E-state index in [9.17, 15) is 15.0 Å². The Kier molecular flexibility index (Phi) is 3.02. The SMILES string of the molecule is CC(C)C(O)C(C)(O)C(N)=O. The third-order valence-corrected chi connectivity index (χ3v) is 1.71. The van der Waals surface area contributed by atoms with Crippen molar-refractivity contribution in [2.45, 2.75) is 32.5 Å². The normalized spacial score (nSPS) is 19.5. The first-order valence-corrected chi connectivity index (χ1v) is 3.50. The summed E-state index contributed by atoms with van der Waals surface area (Å²) in [5.74, 6) is -1.10. The van der Waals surface area contributed by atoms with Crippen LogP contribution in [0.25, 0.3) is 0 Å². The van der Waals surface area contributed by atoms with Crippen molar-refractivity contribution >= 4 is 5.91 Å². The van der Waals surface area contributed by atoms with E-state index in [1.165, 1.54) is 6.92 Å². The third-order valence-electron chi connectivity index (χ3n) is 1.71. The number of primary amides is 1. The van der Waals surface area contributed by atoms with E-state index in [4.69, 9.17) is 5.73 Å². The van der Waals surface area contributed by atoms with Crippen molar-refractivity contribution in [1.29, 1.82) is 0 Å². The largest absolute Gasteiger partial charge is 0.389 e. The minimum Gasteiger partial charge on any atom is -0.389 e. The Balaban J connectivity index is 4.42. The maximum Gasteiger partial charge on any atom is 0.251 e. The van der Waals surface area contributed by atoms with Crippen LogP contribution in [0.5, 0.6) is 0 Å². The second-order valence-corrected chi connectivity index (χ2v) is 3.20. The summed E-state index contributed by atoms with van der Waals surface area (Å²) in [6.07, 6.45) is -1.11. The average molecular weight is 161 g/mol. The molecule has 2 unspecified atom stereocenters. The summed E-state index contributed by atoms with van der Waals surface area (Å²) in [7, 11) is 0. The fourth-order valence-corrected chi connectivity index (χ4v) is 0.795. The van der Waals surface area contributed by atoms with Gasteiger partial charge in [-0.15, -0.1) is 0 Å². The number of aliphatic hydroxyl groups excluding tert-OH is 1. The summed E-state index contributed by atoms with van der Waals surface area (Å²) in [5, 5.41) is 18.6. The maximum absolute atomic E-state index is 10.6. The van der Waals surface area contributed by atoms with Gasteiger partial charge in [-0.25, -0.2) is 0 Å². The first-order valence-electron chi connectivity index (χ1n) is 3.50. The molecule has 0 bridgehead atoms. The van der Waals surface area contributed by atoms with Crippen molar-refractivity contribution in [3.8, 4) is 0 Å². The van der Waals surface area contributed by atoms with Crippen LogP contribution in [-0.2, 0) is 4.79 Å². The Labute approximate surface area is 66.0 Å². The number of aliphatic hydroxyl groups is 2. The molecule has 0 spiro atoms. The fraction of sp³-hybridized carbons (Fsp3) is 0.857. The highest BCUT2D eigenvalue weighted by atomic mass is 16.4. The molecule has 0 aliphatic carbocycles. The van der Waals surface area contributed by atoms with Crippen LogP contribution >= 0.6 is 0 Å². The van der Waals surface area contributed by atoms with E-state index in [1.54, 1.807) is 13.8 Å². The van der Waals surface area contributed by atoms with E-state index < -0.39 is 17.6 Å². The van der Waals surface area contributed by atoms with Gasteiger partial charge >= 0.3 is 0 Å². The number of carbonyl (C=O) groups excluding carboxylic acids is 1. The quantitative estimate of drug-likeness (QED) is 0.508. The summed E-state index contributed by atoms with van der Waals surface area (Å²) in [6.45, 7) is 4.60. The standard InChI is InChI=1S/C7H15NO3/c1-4(2)5(9)7(3,11)6(8)10/h4-5,9,11H,1-3H3,(H2,8,10). The van der Waals surface area contributed by atoms with Crippen LogP contribution < -0.4 is 5.73 Å². The molecule has 0 aromatic heterocycles. The number of nitrogens with two attached hydrogens (primary N) is 1. The molecule has 4 N–H and O–H groups in total. The zero-order valence-corrected chi connectivity index (χ0v) is 7.03. The minimum absolute atomic E-state index is 0.197. The average Bonchev–Trinajstić information content (AvgIpc) is 1.85. The van der Waals surface area contributed by atoms with Crippen molar-refractivity contribution in [1.82, 2.24) is 0 Å². The highest BCUT2D eigenvalue weighted by Crippen LogP contribution is 2.16. The summed E-state index contributed by atoms with van der Waals surface area (Å²) in [5.41, 5.74) is 3.03. The van der Waals surface area contributed by atoms with Gasteiger partial charge in [-0.2, -0.15) is 0 Å². The summed E-state index contributed by atoms with van der Waals surface area (Å²) in [4.78, 5) is 10.6. The van der Waals surface area contributed by atoms with Gasteiger partial charge in [0.15, 0.2) is 5.60 Å². The lowest BCUT2D eigenvalue weighted by Gasteiger charge is -2.28. The molecule has 0 aliphatic rings. The highest BCUT2D eigenvalue weighted by molar-refractivity contribution is 5.83. The molecule has 1 amide bonds. The van der Waals surface area contributed by atoms with Crippen LogP contribution in [0.15, 0.2) is 0 Å². The first-order chi connectivity index (χ1) is 4.80. The molecular formula is C7H15NO3. The Morgan fingerprint density at radius 1 is 1.55 bits per heavy atom. The van der Waals surface area contributed by atoms with Crippen molar-refractivity contribution in [3.63, 3.8) is 0 Å². The summed E-state index contributed by atoms with van der Waals surface area (Å²) in [6, 6.07) is 0. The molecule has 11 heavy (non-hydrogen) atoms. The Bertz CT molecular complexity index is 154. The van der Waals surface area contributed by atoms with Crippen LogP contribution in [0.4, 0.5) is 0 Å². The molecule has 66 valence electrons. The lowest BCUT2D eigenvalue weighted by molar-refractivity contribution is -0.150. The summed E-state index contributed by atoms with van der Waals surface area (Å²) >= 11 is 0. The molecule has 0 radical (unpaired) electrons. The maximum atomic E-state index is 10.6. The van der Waals surface area contributed by atoms with Crippen molar-refractivity contribution in [2.75, 3.05) is 0 Å².